The second-order valence-corrected chi connectivity index (χ2v) is 2.84. The first-order valence-corrected chi connectivity index (χ1v) is 4.09. The number of rotatable bonds is 4. The van der Waals surface area contributed by atoms with Crippen molar-refractivity contribution in [2.75, 3.05) is 13.7 Å². The molecule has 5 heteroatoms. The summed E-state index contributed by atoms with van der Waals surface area (Å²) in [6.07, 6.45) is 0. The molecule has 1 atom stereocenters. The van der Waals surface area contributed by atoms with E-state index in [1.807, 2.05) is 0 Å². The Morgan fingerprint density at radius 1 is 1.50 bits per heavy atom. The van der Waals surface area contributed by atoms with Gasteiger partial charge in [0, 0.05) is 12.7 Å². The van der Waals surface area contributed by atoms with E-state index in [0.29, 0.717) is 0 Å². The monoisotopic (exact) mass is 202 g/mol. The fraction of sp³-hybridized carbons (Fsp3) is 0.333. The molecule has 1 aromatic rings. The average molecular weight is 202 g/mol. The lowest BCUT2D eigenvalue weighted by atomic mass is 10.1. The number of hydrogen-bond donors (Lipinski definition) is 2. The van der Waals surface area contributed by atoms with Crippen molar-refractivity contribution in [1.29, 1.82) is 0 Å². The van der Waals surface area contributed by atoms with Crippen LogP contribution >= 0.6 is 0 Å². The molecule has 0 aromatic heterocycles. The van der Waals surface area contributed by atoms with Crippen LogP contribution in [-0.4, -0.2) is 13.7 Å². The normalized spacial score (nSPS) is 12.9. The smallest absolute Gasteiger partial charge is 0.128 e. The van der Waals surface area contributed by atoms with E-state index in [1.54, 1.807) is 0 Å². The van der Waals surface area contributed by atoms with Crippen molar-refractivity contribution in [1.82, 2.24) is 5.43 Å². The van der Waals surface area contributed by atoms with Crippen LogP contribution in [0.25, 0.3) is 0 Å². The Balaban J connectivity index is 2.96. The van der Waals surface area contributed by atoms with Gasteiger partial charge in [-0.1, -0.05) is 0 Å². The molecule has 1 aromatic carbocycles. The van der Waals surface area contributed by atoms with Crippen molar-refractivity contribution in [3.05, 3.63) is 35.4 Å². The van der Waals surface area contributed by atoms with Crippen LogP contribution < -0.4 is 11.3 Å². The third-order valence-corrected chi connectivity index (χ3v) is 1.87. The number of nitrogens with two attached hydrogens (primary N) is 1. The number of halogens is 2. The summed E-state index contributed by atoms with van der Waals surface area (Å²) in [5, 5.41) is 0. The van der Waals surface area contributed by atoms with Gasteiger partial charge in [0.1, 0.15) is 11.6 Å². The van der Waals surface area contributed by atoms with Gasteiger partial charge in [0.25, 0.3) is 0 Å². The third kappa shape index (κ3) is 2.47. The van der Waals surface area contributed by atoms with Crippen LogP contribution in [0.15, 0.2) is 18.2 Å². The van der Waals surface area contributed by atoms with E-state index in [0.717, 1.165) is 18.2 Å². The maximum absolute atomic E-state index is 13.2. The Kier molecular flexibility index (Phi) is 3.94. The lowest BCUT2D eigenvalue weighted by molar-refractivity contribution is 0.165. The highest BCUT2D eigenvalue weighted by molar-refractivity contribution is 5.22. The molecule has 0 aliphatic heterocycles. The Labute approximate surface area is 80.8 Å². The Morgan fingerprint density at radius 2 is 2.21 bits per heavy atom. The summed E-state index contributed by atoms with van der Waals surface area (Å²) in [6.45, 7) is 0.177. The van der Waals surface area contributed by atoms with Gasteiger partial charge in [0.15, 0.2) is 0 Å². The van der Waals surface area contributed by atoms with Gasteiger partial charge in [-0.05, 0) is 18.2 Å². The van der Waals surface area contributed by atoms with Gasteiger partial charge in [-0.25, -0.2) is 8.78 Å². The molecule has 0 aliphatic carbocycles. The van der Waals surface area contributed by atoms with Crippen LogP contribution in [0, 0.1) is 11.6 Å². The molecule has 3 N–H and O–H groups in total. The molecule has 0 amide bonds. The number of nitrogens with one attached hydrogen (secondary N) is 1. The van der Waals surface area contributed by atoms with Crippen molar-refractivity contribution in [2.24, 2.45) is 5.84 Å². The minimum absolute atomic E-state index is 0.161. The van der Waals surface area contributed by atoms with Gasteiger partial charge >= 0.3 is 0 Å². The molecule has 1 unspecified atom stereocenters. The highest BCUT2D eigenvalue weighted by atomic mass is 19.1. The molecule has 0 saturated carbocycles. The van der Waals surface area contributed by atoms with E-state index < -0.39 is 17.7 Å². The largest absolute Gasteiger partial charge is 0.383 e. The molecule has 0 bridgehead atoms. The van der Waals surface area contributed by atoms with Crippen LogP contribution in [0.4, 0.5) is 8.78 Å². The van der Waals surface area contributed by atoms with E-state index in [9.17, 15) is 8.78 Å². The predicted molar refractivity (Wildman–Crippen MR) is 48.3 cm³/mol. The van der Waals surface area contributed by atoms with Crippen molar-refractivity contribution >= 4 is 0 Å². The zero-order valence-corrected chi connectivity index (χ0v) is 7.76. The molecule has 1 rings (SSSR count). The molecule has 14 heavy (non-hydrogen) atoms. The molecular weight excluding hydrogens is 190 g/mol. The number of ether oxygens (including phenoxy) is 1. The number of hydrogen-bond acceptors (Lipinski definition) is 3. The molecule has 0 radical (unpaired) electrons. The molecular formula is C9H12F2N2O. The highest BCUT2D eigenvalue weighted by Crippen LogP contribution is 2.17. The molecule has 0 fully saturated rings. The van der Waals surface area contributed by atoms with Crippen molar-refractivity contribution in [3.8, 4) is 0 Å². The fourth-order valence-corrected chi connectivity index (χ4v) is 1.18. The number of hydrazine groups is 1. The lowest BCUT2D eigenvalue weighted by Crippen LogP contribution is -2.31. The van der Waals surface area contributed by atoms with Crippen molar-refractivity contribution in [2.45, 2.75) is 6.04 Å². The van der Waals surface area contributed by atoms with E-state index in [2.05, 4.69) is 5.43 Å². The summed E-state index contributed by atoms with van der Waals surface area (Å²) in [4.78, 5) is 0. The Morgan fingerprint density at radius 3 is 2.79 bits per heavy atom. The van der Waals surface area contributed by atoms with Crippen LogP contribution in [-0.2, 0) is 4.74 Å². The molecule has 0 saturated heterocycles. The zero-order valence-electron chi connectivity index (χ0n) is 7.76. The Hall–Kier alpha value is -1.04. The minimum Gasteiger partial charge on any atom is -0.383 e. The fourth-order valence-electron chi connectivity index (χ4n) is 1.18. The summed E-state index contributed by atoms with van der Waals surface area (Å²) in [5.74, 6) is 4.18. The maximum atomic E-state index is 13.2. The Bertz CT molecular complexity index is 307. The molecule has 3 nitrogen and oxygen atoms in total. The van der Waals surface area contributed by atoms with E-state index >= 15 is 0 Å². The van der Waals surface area contributed by atoms with Crippen LogP contribution in [0.2, 0.25) is 0 Å². The van der Waals surface area contributed by atoms with Gasteiger partial charge in [-0.15, -0.1) is 0 Å². The average Bonchev–Trinajstić information content (AvgIpc) is 2.18. The van der Waals surface area contributed by atoms with Crippen LogP contribution in [0.5, 0.6) is 0 Å². The maximum Gasteiger partial charge on any atom is 0.128 e. The molecule has 0 aliphatic rings. The summed E-state index contributed by atoms with van der Waals surface area (Å²) >= 11 is 0. The van der Waals surface area contributed by atoms with Gasteiger partial charge in [0.05, 0.1) is 12.6 Å². The lowest BCUT2D eigenvalue weighted by Gasteiger charge is -2.15. The first-order valence-electron chi connectivity index (χ1n) is 4.09. The quantitative estimate of drug-likeness (QED) is 0.568. The highest BCUT2D eigenvalue weighted by Gasteiger charge is 2.14. The molecule has 0 spiro atoms. The molecule has 0 heterocycles. The van der Waals surface area contributed by atoms with Gasteiger partial charge in [0.2, 0.25) is 0 Å². The first-order chi connectivity index (χ1) is 6.69. The third-order valence-electron chi connectivity index (χ3n) is 1.87. The van der Waals surface area contributed by atoms with Crippen molar-refractivity contribution < 1.29 is 13.5 Å². The summed E-state index contributed by atoms with van der Waals surface area (Å²) in [7, 11) is 1.46. The van der Waals surface area contributed by atoms with E-state index in [4.69, 9.17) is 10.6 Å². The predicted octanol–water partition coefficient (Wildman–Crippen LogP) is 1.12. The van der Waals surface area contributed by atoms with E-state index in [-0.39, 0.29) is 12.2 Å². The summed E-state index contributed by atoms with van der Waals surface area (Å²) < 4.78 is 30.8. The summed E-state index contributed by atoms with van der Waals surface area (Å²) in [5.41, 5.74) is 2.52. The SMILES string of the molecule is COCC(NN)c1cc(F)ccc1F. The summed E-state index contributed by atoms with van der Waals surface area (Å²) in [6, 6.07) is 2.67. The second kappa shape index (κ2) is 4.99. The van der Waals surface area contributed by atoms with E-state index in [1.165, 1.54) is 7.11 Å². The zero-order chi connectivity index (χ0) is 10.6. The number of benzene rings is 1. The second-order valence-electron chi connectivity index (χ2n) is 2.84. The van der Waals surface area contributed by atoms with Crippen molar-refractivity contribution in [3.63, 3.8) is 0 Å². The molecule has 78 valence electrons. The standard InChI is InChI=1S/C9H12F2N2O/c1-14-5-9(13-12)7-4-6(10)2-3-8(7)11/h2-4,9,13H,5,12H2,1H3. The van der Waals surface area contributed by atoms with Crippen LogP contribution in [0.1, 0.15) is 11.6 Å². The van der Waals surface area contributed by atoms with Crippen LogP contribution in [0.3, 0.4) is 0 Å². The minimum atomic E-state index is -0.546. The van der Waals surface area contributed by atoms with Gasteiger partial charge in [-0.2, -0.15) is 0 Å². The first kappa shape index (κ1) is 11.0. The van der Waals surface area contributed by atoms with Gasteiger partial charge < -0.3 is 4.74 Å². The topological polar surface area (TPSA) is 47.3 Å². The van der Waals surface area contributed by atoms with Gasteiger partial charge in [-0.3, -0.25) is 11.3 Å². The number of methoxy groups -OCH3 is 1.